The first-order valence-corrected chi connectivity index (χ1v) is 6.67. The van der Waals surface area contributed by atoms with Gasteiger partial charge in [0.25, 0.3) is 0 Å². The fourth-order valence-corrected chi connectivity index (χ4v) is 2.48. The van der Waals surface area contributed by atoms with Gasteiger partial charge in [-0.3, -0.25) is 9.38 Å². The Morgan fingerprint density at radius 3 is 2.84 bits per heavy atom. The van der Waals surface area contributed by atoms with Gasteiger partial charge in [0.1, 0.15) is 0 Å². The predicted octanol–water partition coefficient (Wildman–Crippen LogP) is 2.33. The molecule has 3 heterocycles. The van der Waals surface area contributed by atoms with E-state index in [1.807, 2.05) is 40.9 Å². The van der Waals surface area contributed by atoms with Crippen LogP contribution >= 0.6 is 11.8 Å². The Morgan fingerprint density at radius 2 is 2.11 bits per heavy atom. The molecule has 1 unspecified atom stereocenters. The van der Waals surface area contributed by atoms with Crippen molar-refractivity contribution in [3.05, 3.63) is 48.4 Å². The van der Waals surface area contributed by atoms with Crippen LogP contribution in [-0.4, -0.2) is 24.7 Å². The minimum Gasteiger partial charge on any atom is -0.387 e. The molecule has 96 valence electrons. The zero-order valence-electron chi connectivity index (χ0n) is 10.3. The summed E-state index contributed by atoms with van der Waals surface area (Å²) in [6.45, 7) is 1.70. The Morgan fingerprint density at radius 1 is 1.21 bits per heavy atom. The summed E-state index contributed by atoms with van der Waals surface area (Å²) >= 11 is 1.49. The third kappa shape index (κ3) is 2.45. The molecule has 3 rings (SSSR count). The SMILES string of the molecule is CC(O)c1ccc(Sc2nnc3ccccn23)cn1. The molecule has 1 N–H and O–H groups in total. The van der Waals surface area contributed by atoms with Gasteiger partial charge in [0.05, 0.1) is 11.8 Å². The van der Waals surface area contributed by atoms with E-state index in [-0.39, 0.29) is 0 Å². The third-order valence-electron chi connectivity index (χ3n) is 2.68. The predicted molar refractivity (Wildman–Crippen MR) is 72.0 cm³/mol. The van der Waals surface area contributed by atoms with Gasteiger partial charge in [-0.05, 0) is 43.0 Å². The number of nitrogens with zero attached hydrogens (tertiary/aromatic N) is 4. The van der Waals surface area contributed by atoms with Crippen molar-refractivity contribution >= 4 is 17.4 Å². The van der Waals surface area contributed by atoms with Gasteiger partial charge in [-0.1, -0.05) is 6.07 Å². The smallest absolute Gasteiger partial charge is 0.200 e. The minimum absolute atomic E-state index is 0.548. The van der Waals surface area contributed by atoms with E-state index in [2.05, 4.69) is 15.2 Å². The van der Waals surface area contributed by atoms with Crippen molar-refractivity contribution in [3.63, 3.8) is 0 Å². The van der Waals surface area contributed by atoms with Crippen molar-refractivity contribution < 1.29 is 5.11 Å². The maximum atomic E-state index is 9.42. The van der Waals surface area contributed by atoms with Crippen molar-refractivity contribution in [2.75, 3.05) is 0 Å². The standard InChI is InChI=1S/C13H12N4OS/c1-9(18)11-6-5-10(8-14-11)19-13-16-15-12-4-2-3-7-17(12)13/h2-9,18H,1H3. The second-order valence-electron chi connectivity index (χ2n) is 4.11. The number of fused-ring (bicyclic) bond motifs is 1. The molecule has 0 fully saturated rings. The lowest BCUT2D eigenvalue weighted by atomic mass is 10.2. The molecule has 5 nitrogen and oxygen atoms in total. The zero-order chi connectivity index (χ0) is 13.2. The average Bonchev–Trinajstić information content (AvgIpc) is 2.83. The second kappa shape index (κ2) is 4.99. The lowest BCUT2D eigenvalue weighted by Gasteiger charge is -2.04. The summed E-state index contributed by atoms with van der Waals surface area (Å²) in [7, 11) is 0. The maximum Gasteiger partial charge on any atom is 0.200 e. The quantitative estimate of drug-likeness (QED) is 0.792. The molecule has 0 aliphatic rings. The highest BCUT2D eigenvalue weighted by molar-refractivity contribution is 7.99. The number of aliphatic hydroxyl groups excluding tert-OH is 1. The van der Waals surface area contributed by atoms with Crippen LogP contribution in [0.3, 0.4) is 0 Å². The van der Waals surface area contributed by atoms with Crippen LogP contribution in [0.15, 0.2) is 52.8 Å². The summed E-state index contributed by atoms with van der Waals surface area (Å²) in [4.78, 5) is 5.17. The number of aromatic nitrogens is 4. The second-order valence-corrected chi connectivity index (χ2v) is 5.15. The highest BCUT2D eigenvalue weighted by atomic mass is 32.2. The van der Waals surface area contributed by atoms with E-state index in [1.165, 1.54) is 11.8 Å². The first-order chi connectivity index (χ1) is 9.24. The summed E-state index contributed by atoms with van der Waals surface area (Å²) in [5.41, 5.74) is 1.48. The highest BCUT2D eigenvalue weighted by Crippen LogP contribution is 2.26. The van der Waals surface area contributed by atoms with Gasteiger partial charge in [-0.25, -0.2) is 0 Å². The fraction of sp³-hybridized carbons (Fsp3) is 0.154. The molecule has 0 aliphatic carbocycles. The van der Waals surface area contributed by atoms with Crippen LogP contribution in [0.4, 0.5) is 0 Å². The Kier molecular flexibility index (Phi) is 3.18. The summed E-state index contributed by atoms with van der Waals surface area (Å²) in [6, 6.07) is 9.51. The molecule has 6 heteroatoms. The summed E-state index contributed by atoms with van der Waals surface area (Å²) in [5, 5.41) is 18.4. The molecule has 0 amide bonds. The molecule has 0 radical (unpaired) electrons. The van der Waals surface area contributed by atoms with Crippen molar-refractivity contribution in [2.24, 2.45) is 0 Å². The Balaban J connectivity index is 1.88. The molecule has 0 saturated heterocycles. The Bertz CT molecular complexity index is 693. The van der Waals surface area contributed by atoms with Gasteiger partial charge in [0.2, 0.25) is 0 Å². The zero-order valence-corrected chi connectivity index (χ0v) is 11.1. The first-order valence-electron chi connectivity index (χ1n) is 5.85. The fourth-order valence-electron chi connectivity index (χ4n) is 1.69. The highest BCUT2D eigenvalue weighted by Gasteiger charge is 2.08. The van der Waals surface area contributed by atoms with E-state index in [0.717, 1.165) is 15.7 Å². The summed E-state index contributed by atoms with van der Waals surface area (Å²) < 4.78 is 1.92. The number of hydrogen-bond donors (Lipinski definition) is 1. The summed E-state index contributed by atoms with van der Waals surface area (Å²) in [6.07, 6.45) is 3.11. The topological polar surface area (TPSA) is 63.3 Å². The molecular formula is C13H12N4OS. The molecule has 0 saturated carbocycles. The number of pyridine rings is 2. The van der Waals surface area contributed by atoms with E-state index >= 15 is 0 Å². The lowest BCUT2D eigenvalue weighted by Crippen LogP contribution is -1.94. The normalized spacial score (nSPS) is 12.7. The van der Waals surface area contributed by atoms with Crippen LogP contribution < -0.4 is 0 Å². The van der Waals surface area contributed by atoms with Crippen LogP contribution in [0.5, 0.6) is 0 Å². The molecule has 3 aromatic heterocycles. The van der Waals surface area contributed by atoms with Gasteiger partial charge in [-0.15, -0.1) is 10.2 Å². The number of aliphatic hydroxyl groups is 1. The number of rotatable bonds is 3. The van der Waals surface area contributed by atoms with E-state index in [9.17, 15) is 5.11 Å². The monoisotopic (exact) mass is 272 g/mol. The molecule has 0 aliphatic heterocycles. The Labute approximate surface area is 114 Å². The molecule has 19 heavy (non-hydrogen) atoms. The Hall–Kier alpha value is -1.92. The van der Waals surface area contributed by atoms with Crippen LogP contribution in [0.1, 0.15) is 18.7 Å². The van der Waals surface area contributed by atoms with Crippen molar-refractivity contribution in [1.29, 1.82) is 0 Å². The van der Waals surface area contributed by atoms with Crippen molar-refractivity contribution in [2.45, 2.75) is 23.1 Å². The molecule has 1 atom stereocenters. The number of hydrogen-bond acceptors (Lipinski definition) is 5. The first kappa shape index (κ1) is 12.1. The van der Waals surface area contributed by atoms with Crippen LogP contribution in [0.25, 0.3) is 5.65 Å². The molecule has 0 aromatic carbocycles. The van der Waals surface area contributed by atoms with E-state index < -0.39 is 6.10 Å². The van der Waals surface area contributed by atoms with Gasteiger partial charge in [-0.2, -0.15) is 0 Å². The largest absolute Gasteiger partial charge is 0.387 e. The van der Waals surface area contributed by atoms with Crippen molar-refractivity contribution in [1.82, 2.24) is 19.6 Å². The van der Waals surface area contributed by atoms with E-state index in [1.54, 1.807) is 13.1 Å². The van der Waals surface area contributed by atoms with Crippen LogP contribution in [-0.2, 0) is 0 Å². The van der Waals surface area contributed by atoms with Crippen LogP contribution in [0.2, 0.25) is 0 Å². The van der Waals surface area contributed by atoms with Gasteiger partial charge in [0.15, 0.2) is 10.8 Å². The van der Waals surface area contributed by atoms with Gasteiger partial charge < -0.3 is 5.11 Å². The molecule has 3 aromatic rings. The average molecular weight is 272 g/mol. The summed E-state index contributed by atoms with van der Waals surface area (Å²) in [5.74, 6) is 0. The molecule has 0 bridgehead atoms. The van der Waals surface area contributed by atoms with E-state index in [4.69, 9.17) is 0 Å². The maximum absolute atomic E-state index is 9.42. The van der Waals surface area contributed by atoms with E-state index in [0.29, 0.717) is 5.69 Å². The van der Waals surface area contributed by atoms with Gasteiger partial charge in [0, 0.05) is 17.3 Å². The third-order valence-corrected chi connectivity index (χ3v) is 3.62. The molecule has 0 spiro atoms. The lowest BCUT2D eigenvalue weighted by molar-refractivity contribution is 0.194. The van der Waals surface area contributed by atoms with Crippen molar-refractivity contribution in [3.8, 4) is 0 Å². The molecular weight excluding hydrogens is 260 g/mol. The van der Waals surface area contributed by atoms with Crippen LogP contribution in [0, 0.1) is 0 Å². The minimum atomic E-state index is -0.548. The van der Waals surface area contributed by atoms with Gasteiger partial charge >= 0.3 is 0 Å².